The maximum atomic E-state index is 13.1. The summed E-state index contributed by atoms with van der Waals surface area (Å²) in [6.07, 6.45) is 2.71. The molecule has 0 radical (unpaired) electrons. The van der Waals surface area contributed by atoms with Crippen LogP contribution in [0, 0.1) is 5.82 Å². The number of likely N-dealkylation sites (tertiary alicyclic amines) is 1. The third-order valence-electron chi connectivity index (χ3n) is 4.92. The second-order valence-corrected chi connectivity index (χ2v) is 6.69. The van der Waals surface area contributed by atoms with Gasteiger partial charge in [0, 0.05) is 25.6 Å². The third kappa shape index (κ3) is 2.88. The summed E-state index contributed by atoms with van der Waals surface area (Å²) in [4.78, 5) is 2.21. The molecule has 1 aliphatic carbocycles. The van der Waals surface area contributed by atoms with Gasteiger partial charge in [0.2, 0.25) is 0 Å². The average Bonchev–Trinajstić information content (AvgIpc) is 3.22. The summed E-state index contributed by atoms with van der Waals surface area (Å²) in [5.41, 5.74) is 1.03. The summed E-state index contributed by atoms with van der Waals surface area (Å²) >= 11 is 0. The molecule has 0 spiro atoms. The van der Waals surface area contributed by atoms with E-state index in [1.165, 1.54) is 25.0 Å². The molecule has 2 atom stereocenters. The van der Waals surface area contributed by atoms with E-state index in [1.807, 2.05) is 7.05 Å². The number of aliphatic hydroxyl groups is 1. The normalized spacial score (nSPS) is 25.2. The van der Waals surface area contributed by atoms with Gasteiger partial charge in [-0.05, 0) is 37.0 Å². The molecule has 0 bridgehead atoms. The fraction of sp³-hybridized carbons (Fsp3) is 0.529. The lowest BCUT2D eigenvalue weighted by Crippen LogP contribution is -2.26. The average molecular weight is 316 g/mol. The Hall–Kier alpha value is -1.79. The van der Waals surface area contributed by atoms with Crippen LogP contribution in [0.2, 0.25) is 0 Å². The maximum Gasteiger partial charge on any atom is 0.146 e. The summed E-state index contributed by atoms with van der Waals surface area (Å²) in [6, 6.07) is 6.65. The van der Waals surface area contributed by atoms with E-state index in [1.54, 1.807) is 12.1 Å². The molecule has 2 aliphatic rings. The van der Waals surface area contributed by atoms with Gasteiger partial charge < -0.3 is 9.67 Å². The summed E-state index contributed by atoms with van der Waals surface area (Å²) < 4.78 is 15.2. The lowest BCUT2D eigenvalue weighted by molar-refractivity contribution is 0.171. The van der Waals surface area contributed by atoms with Gasteiger partial charge in [0.05, 0.1) is 12.6 Å². The van der Waals surface area contributed by atoms with Gasteiger partial charge in [0.1, 0.15) is 17.5 Å². The van der Waals surface area contributed by atoms with Gasteiger partial charge in [0.15, 0.2) is 0 Å². The topological polar surface area (TPSA) is 54.2 Å². The number of nitrogens with zero attached hydrogens (tertiary/aromatic N) is 4. The van der Waals surface area contributed by atoms with E-state index in [0.717, 1.165) is 17.2 Å². The Morgan fingerprint density at radius 3 is 2.65 bits per heavy atom. The number of β-amino-alcohol motifs (C(OH)–C–C–N with tert-alkyl or cyclic N) is 1. The molecular formula is C17H21FN4O. The molecule has 1 N–H and O–H groups in total. The van der Waals surface area contributed by atoms with Crippen molar-refractivity contribution in [3.8, 4) is 0 Å². The maximum absolute atomic E-state index is 13.1. The van der Waals surface area contributed by atoms with Crippen LogP contribution in [-0.2, 0) is 13.6 Å². The van der Waals surface area contributed by atoms with Crippen LogP contribution in [0.15, 0.2) is 24.3 Å². The van der Waals surface area contributed by atoms with Gasteiger partial charge in [-0.3, -0.25) is 4.90 Å². The predicted octanol–water partition coefficient (Wildman–Crippen LogP) is 2.14. The predicted molar refractivity (Wildman–Crippen MR) is 83.2 cm³/mol. The minimum Gasteiger partial charge on any atom is -0.392 e. The standard InChI is InChI=1S/C17H21FN4O/c1-21-16(19-20-17(21)12-2-3-12)10-22-9-14(23)8-15(22)11-4-6-13(18)7-5-11/h4-7,12,14-15,23H,2-3,8-10H2,1H3/t14-,15-/m0/s1. The number of hydrogen-bond donors (Lipinski definition) is 1. The molecule has 2 fully saturated rings. The van der Waals surface area contributed by atoms with Crippen molar-refractivity contribution in [1.82, 2.24) is 19.7 Å². The largest absolute Gasteiger partial charge is 0.392 e. The number of benzene rings is 1. The van der Waals surface area contributed by atoms with Crippen molar-refractivity contribution in [3.05, 3.63) is 47.3 Å². The second-order valence-electron chi connectivity index (χ2n) is 6.69. The molecule has 6 heteroatoms. The van der Waals surface area contributed by atoms with Crippen LogP contribution in [0.4, 0.5) is 4.39 Å². The first-order valence-corrected chi connectivity index (χ1v) is 8.17. The number of aliphatic hydroxyl groups excluding tert-OH is 1. The van der Waals surface area contributed by atoms with E-state index in [0.29, 0.717) is 25.4 Å². The summed E-state index contributed by atoms with van der Waals surface area (Å²) in [7, 11) is 2.02. The highest BCUT2D eigenvalue weighted by molar-refractivity contribution is 5.22. The molecule has 0 unspecified atom stereocenters. The van der Waals surface area contributed by atoms with Crippen molar-refractivity contribution in [2.24, 2.45) is 7.05 Å². The first-order valence-electron chi connectivity index (χ1n) is 8.17. The molecule has 4 rings (SSSR count). The first kappa shape index (κ1) is 14.8. The van der Waals surface area contributed by atoms with Crippen molar-refractivity contribution >= 4 is 0 Å². The van der Waals surface area contributed by atoms with Crippen LogP contribution in [0.3, 0.4) is 0 Å². The van der Waals surface area contributed by atoms with Gasteiger partial charge >= 0.3 is 0 Å². The van der Waals surface area contributed by atoms with E-state index in [4.69, 9.17) is 0 Å². The molecule has 1 saturated heterocycles. The molecule has 2 aromatic rings. The minimum atomic E-state index is -0.360. The van der Waals surface area contributed by atoms with Crippen LogP contribution in [0.25, 0.3) is 0 Å². The molecule has 5 nitrogen and oxygen atoms in total. The molecule has 1 saturated carbocycles. The zero-order valence-corrected chi connectivity index (χ0v) is 13.2. The van der Waals surface area contributed by atoms with Crippen LogP contribution in [-0.4, -0.2) is 37.4 Å². The Morgan fingerprint density at radius 2 is 1.96 bits per heavy atom. The first-order chi connectivity index (χ1) is 11.1. The summed E-state index contributed by atoms with van der Waals surface area (Å²) in [6.45, 7) is 1.25. The highest BCUT2D eigenvalue weighted by atomic mass is 19.1. The van der Waals surface area contributed by atoms with Gasteiger partial charge in [-0.15, -0.1) is 10.2 Å². The van der Waals surface area contributed by atoms with Crippen molar-refractivity contribution in [2.45, 2.75) is 43.9 Å². The number of rotatable bonds is 4. The van der Waals surface area contributed by atoms with E-state index >= 15 is 0 Å². The Bertz CT molecular complexity index is 695. The molecule has 0 amide bonds. The molecule has 2 heterocycles. The van der Waals surface area contributed by atoms with Crippen LogP contribution in [0.5, 0.6) is 0 Å². The molecule has 122 valence electrons. The van der Waals surface area contributed by atoms with Gasteiger partial charge in [-0.1, -0.05) is 12.1 Å². The number of halogens is 1. The zero-order chi connectivity index (χ0) is 16.0. The van der Waals surface area contributed by atoms with E-state index < -0.39 is 0 Å². The highest BCUT2D eigenvalue weighted by Crippen LogP contribution is 2.39. The Labute approximate surface area is 134 Å². The quantitative estimate of drug-likeness (QED) is 0.939. The van der Waals surface area contributed by atoms with E-state index in [2.05, 4.69) is 19.7 Å². The van der Waals surface area contributed by atoms with Gasteiger partial charge in [-0.2, -0.15) is 0 Å². The zero-order valence-electron chi connectivity index (χ0n) is 13.2. The van der Waals surface area contributed by atoms with Crippen LogP contribution < -0.4 is 0 Å². The number of aromatic nitrogens is 3. The minimum absolute atomic E-state index is 0.0895. The van der Waals surface area contributed by atoms with Gasteiger partial charge in [-0.25, -0.2) is 4.39 Å². The lowest BCUT2D eigenvalue weighted by atomic mass is 10.0. The van der Waals surface area contributed by atoms with Crippen LogP contribution >= 0.6 is 0 Å². The molecule has 1 aromatic carbocycles. The van der Waals surface area contributed by atoms with Crippen molar-refractivity contribution < 1.29 is 9.50 Å². The second kappa shape index (κ2) is 5.69. The Morgan fingerprint density at radius 1 is 1.22 bits per heavy atom. The van der Waals surface area contributed by atoms with Crippen LogP contribution in [0.1, 0.15) is 48.4 Å². The molecule has 23 heavy (non-hydrogen) atoms. The SMILES string of the molecule is Cn1c(CN2C[C@@H](O)C[C@H]2c2ccc(F)cc2)nnc1C1CC1. The number of hydrogen-bond acceptors (Lipinski definition) is 4. The monoisotopic (exact) mass is 316 g/mol. The summed E-state index contributed by atoms with van der Waals surface area (Å²) in [5.74, 6) is 2.32. The van der Waals surface area contributed by atoms with E-state index in [9.17, 15) is 9.50 Å². The highest BCUT2D eigenvalue weighted by Gasteiger charge is 2.34. The Kier molecular flexibility index (Phi) is 3.66. The smallest absolute Gasteiger partial charge is 0.146 e. The van der Waals surface area contributed by atoms with Crippen molar-refractivity contribution in [1.29, 1.82) is 0 Å². The molecule has 1 aromatic heterocycles. The van der Waals surface area contributed by atoms with Crippen molar-refractivity contribution in [2.75, 3.05) is 6.54 Å². The van der Waals surface area contributed by atoms with Crippen molar-refractivity contribution in [3.63, 3.8) is 0 Å². The molecular weight excluding hydrogens is 295 g/mol. The van der Waals surface area contributed by atoms with E-state index in [-0.39, 0.29) is 18.0 Å². The Balaban J connectivity index is 1.55. The molecule has 1 aliphatic heterocycles. The van der Waals surface area contributed by atoms with Gasteiger partial charge in [0.25, 0.3) is 0 Å². The lowest BCUT2D eigenvalue weighted by Gasteiger charge is -2.24. The third-order valence-corrected chi connectivity index (χ3v) is 4.92. The fourth-order valence-electron chi connectivity index (χ4n) is 3.48. The summed E-state index contributed by atoms with van der Waals surface area (Å²) in [5, 5.41) is 18.7. The fourth-order valence-corrected chi connectivity index (χ4v) is 3.48.